The highest BCUT2D eigenvalue weighted by atomic mass is 16.5. The van der Waals surface area contributed by atoms with Gasteiger partial charge in [0.15, 0.2) is 0 Å². The van der Waals surface area contributed by atoms with Crippen molar-refractivity contribution >= 4 is 0 Å². The van der Waals surface area contributed by atoms with Crippen molar-refractivity contribution in [2.24, 2.45) is 5.41 Å². The van der Waals surface area contributed by atoms with Crippen LogP contribution in [0.4, 0.5) is 0 Å². The number of rotatable bonds is 2. The summed E-state index contributed by atoms with van der Waals surface area (Å²) in [6.07, 6.45) is -0.475. The maximum Gasteiger partial charge on any atom is 0.0875 e. The molecule has 2 heteroatoms. The van der Waals surface area contributed by atoms with Crippen LogP contribution in [0.15, 0.2) is 0 Å². The van der Waals surface area contributed by atoms with Crippen LogP contribution in [0, 0.1) is 5.41 Å². The lowest BCUT2D eigenvalue weighted by atomic mass is 9.86. The second-order valence-corrected chi connectivity index (χ2v) is 3.76. The van der Waals surface area contributed by atoms with Gasteiger partial charge >= 0.3 is 0 Å². The second-order valence-electron chi connectivity index (χ2n) is 3.76. The molecule has 0 aliphatic carbocycles. The van der Waals surface area contributed by atoms with E-state index in [-0.39, 0.29) is 11.5 Å². The molecule has 0 aliphatic rings. The van der Waals surface area contributed by atoms with Gasteiger partial charge in [0.2, 0.25) is 0 Å². The average Bonchev–Trinajstić information content (AvgIpc) is 1.60. The van der Waals surface area contributed by atoms with Crippen LogP contribution >= 0.6 is 0 Å². The molecule has 0 amide bonds. The minimum absolute atomic E-state index is 0.0168. The largest absolute Gasteiger partial charge is 0.391 e. The summed E-state index contributed by atoms with van der Waals surface area (Å²) in [4.78, 5) is 0. The summed E-state index contributed by atoms with van der Waals surface area (Å²) in [7, 11) is 1.63. The smallest absolute Gasteiger partial charge is 0.0875 e. The van der Waals surface area contributed by atoms with Crippen LogP contribution in [0.25, 0.3) is 0 Å². The third-order valence-electron chi connectivity index (χ3n) is 1.55. The van der Waals surface area contributed by atoms with Crippen LogP contribution in [0.5, 0.6) is 0 Å². The number of hydrogen-bond acceptors (Lipinski definition) is 2. The minimum Gasteiger partial charge on any atom is -0.391 e. The maximum absolute atomic E-state index is 9.22. The van der Waals surface area contributed by atoms with Gasteiger partial charge in [0.25, 0.3) is 0 Å². The Morgan fingerprint density at radius 3 is 1.70 bits per heavy atom. The summed E-state index contributed by atoms with van der Waals surface area (Å²) in [6.45, 7) is 7.90. The Morgan fingerprint density at radius 2 is 1.70 bits per heavy atom. The minimum atomic E-state index is -0.398. The van der Waals surface area contributed by atoms with Crippen molar-refractivity contribution in [3.63, 3.8) is 0 Å². The molecule has 0 bridgehead atoms. The lowest BCUT2D eigenvalue weighted by Crippen LogP contribution is -2.37. The number of aliphatic hydroxyl groups excluding tert-OH is 1. The first-order valence-electron chi connectivity index (χ1n) is 3.60. The zero-order chi connectivity index (χ0) is 8.36. The molecule has 0 saturated carbocycles. The van der Waals surface area contributed by atoms with E-state index in [1.165, 1.54) is 0 Å². The lowest BCUT2D eigenvalue weighted by Gasteiger charge is -2.31. The van der Waals surface area contributed by atoms with Crippen LogP contribution in [0.2, 0.25) is 0 Å². The molecule has 10 heavy (non-hydrogen) atoms. The summed E-state index contributed by atoms with van der Waals surface area (Å²) >= 11 is 0. The topological polar surface area (TPSA) is 29.5 Å². The lowest BCUT2D eigenvalue weighted by molar-refractivity contribution is -0.0628. The van der Waals surface area contributed by atoms with Gasteiger partial charge in [-0.1, -0.05) is 20.8 Å². The van der Waals surface area contributed by atoms with E-state index in [9.17, 15) is 5.11 Å². The van der Waals surface area contributed by atoms with E-state index in [0.717, 1.165) is 0 Å². The fourth-order valence-electron chi connectivity index (χ4n) is 1.27. The number of ether oxygens (including phenoxy) is 1. The standard InChI is InChI=1S/C8H18O2/c1-6(9)7(10-5)8(2,3)4/h6-7,9H,1-5H3. The first-order chi connectivity index (χ1) is 4.39. The molecule has 0 fully saturated rings. The van der Waals surface area contributed by atoms with Crippen LogP contribution in [-0.4, -0.2) is 24.4 Å². The van der Waals surface area contributed by atoms with Gasteiger partial charge < -0.3 is 9.84 Å². The van der Waals surface area contributed by atoms with Gasteiger partial charge in [-0.15, -0.1) is 0 Å². The molecule has 0 spiro atoms. The molecule has 0 aromatic heterocycles. The molecule has 0 aromatic rings. The Balaban J connectivity index is 4.07. The first kappa shape index (κ1) is 9.92. The monoisotopic (exact) mass is 146 g/mol. The average molecular weight is 146 g/mol. The third kappa shape index (κ3) is 2.67. The second kappa shape index (κ2) is 3.35. The van der Waals surface area contributed by atoms with Crippen molar-refractivity contribution in [1.82, 2.24) is 0 Å². The van der Waals surface area contributed by atoms with Crippen LogP contribution in [0.1, 0.15) is 27.7 Å². The Bertz CT molecular complexity index is 91.9. The van der Waals surface area contributed by atoms with Gasteiger partial charge in [-0.25, -0.2) is 0 Å². The molecule has 2 unspecified atom stereocenters. The highest BCUT2D eigenvalue weighted by Crippen LogP contribution is 2.23. The molecule has 0 rings (SSSR count). The summed E-state index contributed by atoms with van der Waals surface area (Å²) < 4.78 is 5.13. The van der Waals surface area contributed by atoms with Crippen molar-refractivity contribution in [2.75, 3.05) is 7.11 Å². The summed E-state index contributed by atoms with van der Waals surface area (Å²) in [5.74, 6) is 0. The molecular formula is C8H18O2. The van der Waals surface area contributed by atoms with E-state index in [4.69, 9.17) is 4.74 Å². The van der Waals surface area contributed by atoms with Crippen LogP contribution in [0.3, 0.4) is 0 Å². The van der Waals surface area contributed by atoms with Gasteiger partial charge in [-0.3, -0.25) is 0 Å². The van der Waals surface area contributed by atoms with E-state index in [2.05, 4.69) is 0 Å². The van der Waals surface area contributed by atoms with Crippen molar-refractivity contribution in [2.45, 2.75) is 39.9 Å². The molecule has 0 heterocycles. The maximum atomic E-state index is 9.22. The SMILES string of the molecule is COC(C(C)O)C(C)(C)C. The van der Waals surface area contributed by atoms with E-state index in [0.29, 0.717) is 0 Å². The van der Waals surface area contributed by atoms with E-state index >= 15 is 0 Å². The van der Waals surface area contributed by atoms with Crippen LogP contribution < -0.4 is 0 Å². The van der Waals surface area contributed by atoms with Crippen molar-refractivity contribution in [3.05, 3.63) is 0 Å². The molecule has 2 atom stereocenters. The third-order valence-corrected chi connectivity index (χ3v) is 1.55. The van der Waals surface area contributed by atoms with E-state index in [1.807, 2.05) is 20.8 Å². The Hall–Kier alpha value is -0.0800. The molecule has 0 aliphatic heterocycles. The Kier molecular flexibility index (Phi) is 3.33. The molecule has 0 aromatic carbocycles. The molecule has 1 N–H and O–H groups in total. The molecule has 0 saturated heterocycles. The summed E-state index contributed by atoms with van der Waals surface area (Å²) in [5, 5.41) is 9.22. The van der Waals surface area contributed by atoms with E-state index in [1.54, 1.807) is 14.0 Å². The summed E-state index contributed by atoms with van der Waals surface area (Å²) in [5.41, 5.74) is 0.0168. The molecule has 62 valence electrons. The van der Waals surface area contributed by atoms with Crippen LogP contribution in [-0.2, 0) is 4.74 Å². The van der Waals surface area contributed by atoms with Gasteiger partial charge in [-0.2, -0.15) is 0 Å². The van der Waals surface area contributed by atoms with Crippen molar-refractivity contribution in [1.29, 1.82) is 0 Å². The zero-order valence-corrected chi connectivity index (χ0v) is 7.51. The van der Waals surface area contributed by atoms with Gasteiger partial charge in [-0.05, 0) is 12.3 Å². The number of methoxy groups -OCH3 is 1. The van der Waals surface area contributed by atoms with Crippen molar-refractivity contribution in [3.8, 4) is 0 Å². The van der Waals surface area contributed by atoms with Gasteiger partial charge in [0, 0.05) is 7.11 Å². The highest BCUT2D eigenvalue weighted by Gasteiger charge is 2.28. The number of hydrogen-bond donors (Lipinski definition) is 1. The molecule has 2 nitrogen and oxygen atoms in total. The predicted octanol–water partition coefficient (Wildman–Crippen LogP) is 1.43. The summed E-state index contributed by atoms with van der Waals surface area (Å²) in [6, 6.07) is 0. The fourth-order valence-corrected chi connectivity index (χ4v) is 1.27. The predicted molar refractivity (Wildman–Crippen MR) is 41.9 cm³/mol. The van der Waals surface area contributed by atoms with Gasteiger partial charge in [0.05, 0.1) is 12.2 Å². The first-order valence-corrected chi connectivity index (χ1v) is 3.60. The zero-order valence-electron chi connectivity index (χ0n) is 7.51. The highest BCUT2D eigenvalue weighted by molar-refractivity contribution is 4.78. The van der Waals surface area contributed by atoms with Gasteiger partial charge in [0.1, 0.15) is 0 Å². The van der Waals surface area contributed by atoms with Crippen molar-refractivity contribution < 1.29 is 9.84 Å². The molecule has 0 radical (unpaired) electrons. The quantitative estimate of drug-likeness (QED) is 0.638. The fraction of sp³-hybridized carbons (Fsp3) is 1.00. The normalized spacial score (nSPS) is 18.6. The van der Waals surface area contributed by atoms with E-state index < -0.39 is 6.10 Å². The number of aliphatic hydroxyl groups is 1. The Morgan fingerprint density at radius 1 is 1.30 bits per heavy atom. The Labute approximate surface area is 63.2 Å². The molecular weight excluding hydrogens is 128 g/mol.